The summed E-state index contributed by atoms with van der Waals surface area (Å²) in [5, 5.41) is 13.9. The number of nitrogens with one attached hydrogen (secondary N) is 4. The average Bonchev–Trinajstić information content (AvgIpc) is 3.27. The minimum absolute atomic E-state index is 0.0726. The summed E-state index contributed by atoms with van der Waals surface area (Å²) in [6.45, 7) is 15.7. The van der Waals surface area contributed by atoms with Crippen molar-refractivity contribution < 1.29 is 47.7 Å². The number of allylic oxidation sites excluding steroid dienone is 1. The van der Waals surface area contributed by atoms with E-state index in [1.165, 1.54) is 19.4 Å². The maximum Gasteiger partial charge on any atom is 0.414 e. The number of amides is 4. The van der Waals surface area contributed by atoms with Gasteiger partial charge in [-0.05, 0) is 107 Å². The molecule has 0 fully saturated rings. The number of fused-ring (bicyclic) bond motifs is 2. The Labute approximate surface area is 391 Å². The number of nitrogens with zero attached hydrogens (tertiary/aromatic N) is 1. The van der Waals surface area contributed by atoms with Gasteiger partial charge < -0.3 is 34.3 Å². The summed E-state index contributed by atoms with van der Waals surface area (Å²) >= 11 is 3.53. The second-order valence-electron chi connectivity index (χ2n) is 15.8. The number of rotatable bonds is 12. The van der Waals surface area contributed by atoms with E-state index in [0.29, 0.717) is 29.4 Å². The number of carbonyl (C=O) groups excluding carboxylic acids is 5. The third-order valence-corrected chi connectivity index (χ3v) is 8.35. The van der Waals surface area contributed by atoms with Gasteiger partial charge in [-0.15, -0.1) is 0 Å². The number of methoxy groups -OCH3 is 1. The predicted molar refractivity (Wildman–Crippen MR) is 263 cm³/mol. The van der Waals surface area contributed by atoms with Gasteiger partial charge in [0.1, 0.15) is 29.3 Å². The first-order chi connectivity index (χ1) is 31.4. The summed E-state index contributed by atoms with van der Waals surface area (Å²) in [5.41, 5.74) is 1.05. The summed E-state index contributed by atoms with van der Waals surface area (Å²) in [6.07, 6.45) is 5.01. The van der Waals surface area contributed by atoms with Gasteiger partial charge in [-0.1, -0.05) is 85.5 Å². The molecule has 0 aromatic heterocycles. The molecular weight excluding hydrogens is 863 g/mol. The van der Waals surface area contributed by atoms with E-state index in [1.54, 1.807) is 85.1 Å². The van der Waals surface area contributed by atoms with Gasteiger partial charge in [0.25, 0.3) is 5.91 Å². The van der Waals surface area contributed by atoms with E-state index in [-0.39, 0.29) is 19.1 Å². The standard InChI is InChI=1S/C35H30N2O6.C14H25N3O4.CH4S/c1-3-19-42-29-17-15-23-9-4-6-13-27(23)33(29)34-28-14-7-5-10-24(28)16-18-30(34)43-22-32(39)36-21-31(38)37-26-12-8-11-25(20-26)35(40)41-2;1-8-9-15-10(16-11(18)20-13(2,3)4)17-12(19)21-14(5,6)7;1-2/h3-18,20H,1,19,21-22H2,2H3,(H,36,39)(H,37,38);8-9H,1-7H3,(H2,15,16,17,18,19);2H,1H3/b;9-8+;. The van der Waals surface area contributed by atoms with Crippen LogP contribution in [0.3, 0.4) is 0 Å². The average molecular weight is 922 g/mol. The van der Waals surface area contributed by atoms with Gasteiger partial charge in [-0.2, -0.15) is 12.6 Å². The van der Waals surface area contributed by atoms with Gasteiger partial charge >= 0.3 is 18.2 Å². The number of esters is 1. The topological polar surface area (TPSA) is 192 Å². The zero-order chi connectivity index (χ0) is 48.9. The second-order valence-corrected chi connectivity index (χ2v) is 15.8. The third kappa shape index (κ3) is 17.3. The number of alkyl carbamates (subject to hydrolysis) is 2. The highest BCUT2D eigenvalue weighted by Gasteiger charge is 2.22. The molecule has 0 saturated carbocycles. The van der Waals surface area contributed by atoms with E-state index >= 15 is 0 Å². The van der Waals surface area contributed by atoms with E-state index < -0.39 is 41.2 Å². The second kappa shape index (κ2) is 25.8. The van der Waals surface area contributed by atoms with Crippen LogP contribution >= 0.6 is 12.6 Å². The lowest BCUT2D eigenvalue weighted by atomic mass is 9.92. The van der Waals surface area contributed by atoms with Gasteiger partial charge in [-0.3, -0.25) is 20.2 Å². The Bertz CT molecular complexity index is 2510. The van der Waals surface area contributed by atoms with Gasteiger partial charge in [-0.25, -0.2) is 19.4 Å². The highest BCUT2D eigenvalue weighted by Crippen LogP contribution is 2.45. The highest BCUT2D eigenvalue weighted by molar-refractivity contribution is 7.79. The molecule has 4 N–H and O–H groups in total. The van der Waals surface area contributed by atoms with Crippen LogP contribution in [0.4, 0.5) is 15.3 Å². The van der Waals surface area contributed by atoms with Gasteiger partial charge in [0.15, 0.2) is 6.61 Å². The van der Waals surface area contributed by atoms with Crippen LogP contribution in [0.15, 0.2) is 127 Å². The fourth-order valence-corrected chi connectivity index (χ4v) is 5.87. The van der Waals surface area contributed by atoms with Crippen LogP contribution in [-0.2, 0) is 23.8 Å². The molecule has 5 aromatic carbocycles. The summed E-state index contributed by atoms with van der Waals surface area (Å²) < 4.78 is 27.1. The van der Waals surface area contributed by atoms with Crippen LogP contribution in [-0.4, -0.2) is 80.3 Å². The summed E-state index contributed by atoms with van der Waals surface area (Å²) in [7, 11) is 1.28. The Kier molecular flexibility index (Phi) is 20.8. The molecule has 66 heavy (non-hydrogen) atoms. The van der Waals surface area contributed by atoms with Crippen molar-refractivity contribution in [2.45, 2.75) is 59.7 Å². The number of ether oxygens (including phenoxy) is 5. The molecule has 0 heterocycles. The molecule has 0 aliphatic heterocycles. The molecule has 0 bridgehead atoms. The zero-order valence-corrected chi connectivity index (χ0v) is 39.7. The lowest BCUT2D eigenvalue weighted by molar-refractivity contribution is -0.125. The maximum atomic E-state index is 12.8. The molecule has 4 amide bonds. The Morgan fingerprint density at radius 3 is 1.73 bits per heavy atom. The number of aliphatic imine (C=N–C) groups is 1. The van der Waals surface area contributed by atoms with Crippen molar-refractivity contribution in [3.63, 3.8) is 0 Å². The van der Waals surface area contributed by atoms with Gasteiger partial charge in [0, 0.05) is 23.0 Å². The number of benzene rings is 5. The van der Waals surface area contributed by atoms with Gasteiger partial charge in [0.2, 0.25) is 11.9 Å². The molecule has 0 aliphatic carbocycles. The van der Waals surface area contributed by atoms with E-state index in [0.717, 1.165) is 32.7 Å². The Morgan fingerprint density at radius 2 is 1.23 bits per heavy atom. The molecule has 0 unspecified atom stereocenters. The van der Waals surface area contributed by atoms with Crippen molar-refractivity contribution in [1.82, 2.24) is 16.0 Å². The molecule has 5 rings (SSSR count). The minimum atomic E-state index is -0.721. The number of guanidine groups is 1. The van der Waals surface area contributed by atoms with Gasteiger partial charge in [0.05, 0.1) is 19.2 Å². The van der Waals surface area contributed by atoms with Crippen molar-refractivity contribution in [2.75, 3.05) is 38.4 Å². The van der Waals surface area contributed by atoms with Crippen molar-refractivity contribution in [3.05, 3.63) is 128 Å². The molecule has 350 valence electrons. The van der Waals surface area contributed by atoms with Crippen LogP contribution in [0.5, 0.6) is 11.5 Å². The fourth-order valence-electron chi connectivity index (χ4n) is 5.87. The molecule has 0 atom stereocenters. The van der Waals surface area contributed by atoms with E-state index in [4.69, 9.17) is 23.7 Å². The molecule has 15 nitrogen and oxygen atoms in total. The van der Waals surface area contributed by atoms with E-state index in [1.807, 2.05) is 72.8 Å². The largest absolute Gasteiger partial charge is 0.489 e. The Balaban J connectivity index is 0.000000426. The van der Waals surface area contributed by atoms with Crippen LogP contribution < -0.4 is 30.7 Å². The number of carbonyl (C=O) groups is 5. The molecule has 16 heteroatoms. The maximum absolute atomic E-state index is 12.8. The van der Waals surface area contributed by atoms with Crippen molar-refractivity contribution >= 4 is 75.8 Å². The lowest BCUT2D eigenvalue weighted by Crippen LogP contribution is -2.47. The quantitative estimate of drug-likeness (QED) is 0.0201. The first-order valence-corrected chi connectivity index (χ1v) is 21.6. The summed E-state index contributed by atoms with van der Waals surface area (Å²) in [5.74, 6) is -0.357. The zero-order valence-electron chi connectivity index (χ0n) is 38.8. The van der Waals surface area contributed by atoms with Crippen molar-refractivity contribution in [2.24, 2.45) is 4.99 Å². The molecule has 0 radical (unpaired) electrons. The Morgan fingerprint density at radius 1 is 0.697 bits per heavy atom. The fraction of sp³-hybridized carbons (Fsp3) is 0.280. The molecule has 5 aromatic rings. The molecular formula is C50H59N5O10S. The van der Waals surface area contributed by atoms with Crippen LogP contribution in [0.25, 0.3) is 32.7 Å². The SMILES string of the molecule is C/C=C/N=C(NC(=O)OC(C)(C)C)NC(=O)OC(C)(C)C.C=CCOc1ccc2ccccc2c1-c1c(OCC(=O)NCC(=O)Nc2cccc(C(=O)OC)c2)ccc2ccccc12.CS. The summed E-state index contributed by atoms with van der Waals surface area (Å²) in [4.78, 5) is 64.2. The first kappa shape index (κ1) is 53.0. The van der Waals surface area contributed by atoms with Crippen LogP contribution in [0, 0.1) is 0 Å². The van der Waals surface area contributed by atoms with Crippen LogP contribution in [0.2, 0.25) is 0 Å². The molecule has 0 spiro atoms. The predicted octanol–water partition coefficient (Wildman–Crippen LogP) is 9.62. The van der Waals surface area contributed by atoms with E-state index in [2.05, 4.69) is 45.5 Å². The smallest absolute Gasteiger partial charge is 0.414 e. The van der Waals surface area contributed by atoms with Crippen molar-refractivity contribution in [3.8, 4) is 22.6 Å². The molecule has 0 aliphatic rings. The molecule has 0 saturated heterocycles. The lowest BCUT2D eigenvalue weighted by Gasteiger charge is -2.21. The summed E-state index contributed by atoms with van der Waals surface area (Å²) in [6, 6.07) is 30.0. The number of hydrogen-bond acceptors (Lipinski definition) is 12. The van der Waals surface area contributed by atoms with E-state index in [9.17, 15) is 24.0 Å². The number of anilines is 1. The highest BCUT2D eigenvalue weighted by atomic mass is 32.1. The van der Waals surface area contributed by atoms with Crippen LogP contribution in [0.1, 0.15) is 58.8 Å². The Hall–Kier alpha value is -7.33. The number of thiol groups is 1. The monoisotopic (exact) mass is 921 g/mol. The third-order valence-electron chi connectivity index (χ3n) is 8.35. The van der Waals surface area contributed by atoms with Crippen molar-refractivity contribution in [1.29, 1.82) is 0 Å². The normalized spacial score (nSPS) is 10.8. The number of hydrogen-bond donors (Lipinski definition) is 5. The first-order valence-electron chi connectivity index (χ1n) is 20.7. The minimum Gasteiger partial charge on any atom is -0.489 e.